The summed E-state index contributed by atoms with van der Waals surface area (Å²) in [6, 6.07) is 5.25. The van der Waals surface area contributed by atoms with Gasteiger partial charge >= 0.3 is 0 Å². The predicted octanol–water partition coefficient (Wildman–Crippen LogP) is 2.94. The van der Waals surface area contributed by atoms with Gasteiger partial charge in [0.2, 0.25) is 5.91 Å². The number of benzene rings is 1. The Kier molecular flexibility index (Phi) is 3.86. The molecule has 3 nitrogen and oxygen atoms in total. The molecule has 0 radical (unpaired) electrons. The molecule has 5 heteroatoms. The molecular weight excluding hydrogens is 304 g/mol. The van der Waals surface area contributed by atoms with Crippen LogP contribution < -0.4 is 11.1 Å². The molecule has 1 aromatic rings. The number of hydrogen-bond acceptors (Lipinski definition) is 2. The Labute approximate surface area is 113 Å². The number of anilines is 1. The van der Waals surface area contributed by atoms with E-state index in [0.29, 0.717) is 17.1 Å². The highest BCUT2D eigenvalue weighted by atomic mass is 79.9. The minimum absolute atomic E-state index is 0.0199. The van der Waals surface area contributed by atoms with Crippen LogP contribution in [0.4, 0.5) is 5.69 Å². The molecule has 3 N–H and O–H groups in total. The van der Waals surface area contributed by atoms with Crippen molar-refractivity contribution in [2.24, 2.45) is 11.7 Å². The lowest BCUT2D eigenvalue weighted by atomic mass is 10.1. The van der Waals surface area contributed by atoms with Gasteiger partial charge in [-0.25, -0.2) is 0 Å². The number of amides is 1. The Morgan fingerprint density at radius 3 is 2.88 bits per heavy atom. The number of carbonyl (C=O) groups is 1. The third-order valence-electron chi connectivity index (χ3n) is 2.64. The molecule has 1 amide bonds. The molecule has 0 spiro atoms. The van der Waals surface area contributed by atoms with Gasteiger partial charge in [-0.2, -0.15) is 0 Å². The monoisotopic (exact) mass is 314 g/mol. The first-order chi connectivity index (χ1) is 8.06. The molecule has 0 aromatic heterocycles. The summed E-state index contributed by atoms with van der Waals surface area (Å²) in [5.74, 6) is -0.215. The second-order valence-corrected chi connectivity index (χ2v) is 5.30. The molecule has 90 valence electrons. The van der Waals surface area contributed by atoms with E-state index in [2.05, 4.69) is 21.2 Å². The van der Waals surface area contributed by atoms with Crippen molar-refractivity contribution in [3.05, 3.63) is 39.8 Å². The maximum Gasteiger partial charge on any atom is 0.231 e. The van der Waals surface area contributed by atoms with Crippen molar-refractivity contribution in [3.8, 4) is 0 Å². The number of nitrogens with two attached hydrogens (primary N) is 1. The minimum Gasteiger partial charge on any atom is -0.325 e. The van der Waals surface area contributed by atoms with Gasteiger partial charge < -0.3 is 11.1 Å². The highest BCUT2D eigenvalue weighted by molar-refractivity contribution is 9.10. The highest BCUT2D eigenvalue weighted by Crippen LogP contribution is 2.27. The van der Waals surface area contributed by atoms with E-state index in [1.807, 2.05) is 12.2 Å². The Hall–Kier alpha value is -0.840. The van der Waals surface area contributed by atoms with Crippen LogP contribution in [0.5, 0.6) is 0 Å². The molecule has 1 aromatic carbocycles. The average Bonchev–Trinajstić information content (AvgIpc) is 2.70. The topological polar surface area (TPSA) is 55.1 Å². The van der Waals surface area contributed by atoms with Gasteiger partial charge in [-0.05, 0) is 40.5 Å². The summed E-state index contributed by atoms with van der Waals surface area (Å²) in [6.07, 6.45) is 4.36. The van der Waals surface area contributed by atoms with Gasteiger partial charge in [-0.3, -0.25) is 4.79 Å². The van der Waals surface area contributed by atoms with Gasteiger partial charge in [-0.1, -0.05) is 23.8 Å². The first-order valence-corrected chi connectivity index (χ1v) is 6.43. The lowest BCUT2D eigenvalue weighted by Crippen LogP contribution is -2.24. The zero-order chi connectivity index (χ0) is 12.4. The molecule has 2 unspecified atom stereocenters. The van der Waals surface area contributed by atoms with Crippen LogP contribution in [-0.2, 0) is 4.79 Å². The normalized spacial score (nSPS) is 22.8. The fourth-order valence-electron chi connectivity index (χ4n) is 1.74. The van der Waals surface area contributed by atoms with Gasteiger partial charge in [0.1, 0.15) is 0 Å². The minimum atomic E-state index is -0.157. The number of nitrogens with one attached hydrogen (secondary N) is 1. The Balaban J connectivity index is 2.08. The first kappa shape index (κ1) is 12.6. The summed E-state index contributed by atoms with van der Waals surface area (Å²) in [4.78, 5) is 11.9. The van der Waals surface area contributed by atoms with E-state index in [0.717, 1.165) is 4.47 Å². The van der Waals surface area contributed by atoms with Crippen molar-refractivity contribution in [3.63, 3.8) is 0 Å². The van der Waals surface area contributed by atoms with E-state index in [1.54, 1.807) is 18.2 Å². The summed E-state index contributed by atoms with van der Waals surface area (Å²) in [7, 11) is 0. The zero-order valence-corrected chi connectivity index (χ0v) is 11.3. The maximum absolute atomic E-state index is 11.9. The number of hydrogen-bond donors (Lipinski definition) is 2. The van der Waals surface area contributed by atoms with Crippen molar-refractivity contribution in [1.29, 1.82) is 0 Å². The molecule has 1 aliphatic rings. The smallest absolute Gasteiger partial charge is 0.231 e. The standard InChI is InChI=1S/C12H12BrClN2O/c13-10-4-2-8(14)6-11(10)16-12(17)7-1-3-9(15)5-7/h1-4,6-7,9H,5,15H2,(H,16,17). The van der Waals surface area contributed by atoms with Crippen molar-refractivity contribution in [2.45, 2.75) is 12.5 Å². The van der Waals surface area contributed by atoms with Crippen LogP contribution in [0.25, 0.3) is 0 Å². The third kappa shape index (κ3) is 3.09. The average molecular weight is 316 g/mol. The maximum atomic E-state index is 11.9. The van der Waals surface area contributed by atoms with Gasteiger partial charge in [0, 0.05) is 15.5 Å². The first-order valence-electron chi connectivity index (χ1n) is 5.26. The van der Waals surface area contributed by atoms with Crippen LogP contribution >= 0.6 is 27.5 Å². The molecule has 0 saturated carbocycles. The van der Waals surface area contributed by atoms with Crippen LogP contribution in [0.15, 0.2) is 34.8 Å². The molecule has 1 aliphatic carbocycles. The molecule has 0 heterocycles. The largest absolute Gasteiger partial charge is 0.325 e. The summed E-state index contributed by atoms with van der Waals surface area (Å²) in [5.41, 5.74) is 6.39. The number of halogens is 2. The second-order valence-electron chi connectivity index (χ2n) is 4.00. The number of rotatable bonds is 2. The summed E-state index contributed by atoms with van der Waals surface area (Å²) in [6.45, 7) is 0. The molecule has 0 aliphatic heterocycles. The van der Waals surface area contributed by atoms with E-state index < -0.39 is 0 Å². The van der Waals surface area contributed by atoms with Gasteiger partial charge in [0.05, 0.1) is 11.6 Å². The summed E-state index contributed by atoms with van der Waals surface area (Å²) in [5, 5.41) is 3.42. The Morgan fingerprint density at radius 1 is 1.47 bits per heavy atom. The second kappa shape index (κ2) is 5.21. The quantitative estimate of drug-likeness (QED) is 0.824. The van der Waals surface area contributed by atoms with Gasteiger partial charge in [0.25, 0.3) is 0 Å². The van der Waals surface area contributed by atoms with Crippen LogP contribution in [0.3, 0.4) is 0 Å². The van der Waals surface area contributed by atoms with Crippen LogP contribution in [0.1, 0.15) is 6.42 Å². The summed E-state index contributed by atoms with van der Waals surface area (Å²) < 4.78 is 0.807. The van der Waals surface area contributed by atoms with E-state index >= 15 is 0 Å². The molecular formula is C12H12BrClN2O. The SMILES string of the molecule is NC1C=CC(C(=O)Nc2cc(Cl)ccc2Br)C1. The number of carbonyl (C=O) groups excluding carboxylic acids is 1. The van der Waals surface area contributed by atoms with Crippen molar-refractivity contribution >= 4 is 39.1 Å². The van der Waals surface area contributed by atoms with Crippen molar-refractivity contribution < 1.29 is 4.79 Å². The third-order valence-corrected chi connectivity index (χ3v) is 3.57. The van der Waals surface area contributed by atoms with Gasteiger partial charge in [0.15, 0.2) is 0 Å². The molecule has 2 atom stereocenters. The lowest BCUT2D eigenvalue weighted by molar-refractivity contribution is -0.118. The van der Waals surface area contributed by atoms with E-state index in [9.17, 15) is 4.79 Å². The predicted molar refractivity (Wildman–Crippen MR) is 73.0 cm³/mol. The Morgan fingerprint density at radius 2 is 2.24 bits per heavy atom. The van der Waals surface area contributed by atoms with E-state index in [1.165, 1.54) is 0 Å². The van der Waals surface area contributed by atoms with Crippen LogP contribution in [0, 0.1) is 5.92 Å². The molecule has 0 saturated heterocycles. The van der Waals surface area contributed by atoms with Crippen LogP contribution in [-0.4, -0.2) is 11.9 Å². The molecule has 2 rings (SSSR count). The van der Waals surface area contributed by atoms with Crippen LogP contribution in [0.2, 0.25) is 5.02 Å². The Bertz CT molecular complexity index is 476. The summed E-state index contributed by atoms with van der Waals surface area (Å²) >= 11 is 9.24. The van der Waals surface area contributed by atoms with Crippen molar-refractivity contribution in [1.82, 2.24) is 0 Å². The highest BCUT2D eigenvalue weighted by Gasteiger charge is 2.23. The lowest BCUT2D eigenvalue weighted by Gasteiger charge is -2.12. The van der Waals surface area contributed by atoms with Gasteiger partial charge in [-0.15, -0.1) is 0 Å². The molecule has 0 fully saturated rings. The van der Waals surface area contributed by atoms with Crippen molar-refractivity contribution in [2.75, 3.05) is 5.32 Å². The molecule has 17 heavy (non-hydrogen) atoms. The van der Waals surface area contributed by atoms with E-state index in [4.69, 9.17) is 17.3 Å². The fraction of sp³-hybridized carbons (Fsp3) is 0.250. The molecule has 0 bridgehead atoms. The van der Waals surface area contributed by atoms with E-state index in [-0.39, 0.29) is 17.9 Å². The zero-order valence-electron chi connectivity index (χ0n) is 8.99. The fourth-order valence-corrected chi connectivity index (χ4v) is 2.26.